The first-order valence-corrected chi connectivity index (χ1v) is 4.60. The summed E-state index contributed by atoms with van der Waals surface area (Å²) in [7, 11) is 2.74. The summed E-state index contributed by atoms with van der Waals surface area (Å²) in [6.07, 6.45) is 0. The van der Waals surface area contributed by atoms with E-state index in [2.05, 4.69) is 16.4 Å². The monoisotopic (exact) mass is 166 g/mol. The number of methoxy groups -OCH3 is 1. The van der Waals surface area contributed by atoms with Gasteiger partial charge < -0.3 is 4.74 Å². The maximum atomic E-state index is 10.6. The summed E-state index contributed by atoms with van der Waals surface area (Å²) in [5.41, 5.74) is 0. The molecule has 4 heteroatoms. The molecule has 0 aliphatic heterocycles. The number of thiol groups is 1. The van der Waals surface area contributed by atoms with Crippen molar-refractivity contribution >= 4 is 28.4 Å². The van der Waals surface area contributed by atoms with Gasteiger partial charge in [0.1, 0.15) is 0 Å². The van der Waals surface area contributed by atoms with Gasteiger partial charge in [-0.2, -0.15) is 0 Å². The van der Waals surface area contributed by atoms with Gasteiger partial charge in [0.15, 0.2) is 0 Å². The van der Waals surface area contributed by atoms with Crippen molar-refractivity contribution in [2.24, 2.45) is 5.92 Å². The fraction of sp³-hybridized carbons (Fsp3) is 0.800. The second kappa shape index (κ2) is 4.99. The first-order chi connectivity index (χ1) is 4.22. The maximum absolute atomic E-state index is 10.6. The Morgan fingerprint density at radius 3 is 2.78 bits per heavy atom. The van der Waals surface area contributed by atoms with Gasteiger partial charge in [0, 0.05) is 5.75 Å². The molecular weight excluding hydrogens is 156 g/mol. The van der Waals surface area contributed by atoms with E-state index < -0.39 is 0 Å². The van der Waals surface area contributed by atoms with Gasteiger partial charge in [-0.25, -0.2) is 0 Å². The summed E-state index contributed by atoms with van der Waals surface area (Å²) in [5.74, 6) is 0.490. The fourth-order valence-electron chi connectivity index (χ4n) is 0.381. The van der Waals surface area contributed by atoms with Crippen molar-refractivity contribution in [2.45, 2.75) is 6.92 Å². The molecule has 0 fully saturated rings. The van der Waals surface area contributed by atoms with Crippen LogP contribution in [0.2, 0.25) is 0 Å². The van der Waals surface area contributed by atoms with Crippen molar-refractivity contribution < 1.29 is 9.53 Å². The van der Waals surface area contributed by atoms with E-state index in [1.54, 1.807) is 0 Å². The van der Waals surface area contributed by atoms with Gasteiger partial charge in [0.05, 0.1) is 13.0 Å². The lowest BCUT2D eigenvalue weighted by atomic mass is 10.2. The Labute approximate surface area is 64.2 Å². The molecular formula is C5H10O2S2. The van der Waals surface area contributed by atoms with Crippen molar-refractivity contribution in [1.29, 1.82) is 0 Å². The Morgan fingerprint density at radius 1 is 1.89 bits per heavy atom. The number of hydrogen-bond donors (Lipinski definition) is 1. The summed E-state index contributed by atoms with van der Waals surface area (Å²) in [6, 6.07) is 0. The molecule has 0 radical (unpaired) electrons. The van der Waals surface area contributed by atoms with E-state index in [0.29, 0.717) is 5.75 Å². The highest BCUT2D eigenvalue weighted by Crippen LogP contribution is 2.11. The molecule has 0 saturated carbocycles. The summed E-state index contributed by atoms with van der Waals surface area (Å²) in [6.45, 7) is 1.81. The second-order valence-corrected chi connectivity index (χ2v) is 3.09. The highest BCUT2D eigenvalue weighted by Gasteiger charge is 2.10. The zero-order chi connectivity index (χ0) is 7.28. The summed E-state index contributed by atoms with van der Waals surface area (Å²) in [4.78, 5) is 10.6. The Kier molecular flexibility index (Phi) is 5.09. The number of esters is 1. The van der Waals surface area contributed by atoms with Crippen LogP contribution in [-0.2, 0) is 9.53 Å². The predicted octanol–water partition coefficient (Wildman–Crippen LogP) is 1.37. The van der Waals surface area contributed by atoms with Gasteiger partial charge in [0.2, 0.25) is 0 Å². The molecule has 0 amide bonds. The van der Waals surface area contributed by atoms with E-state index in [1.807, 2.05) is 6.92 Å². The van der Waals surface area contributed by atoms with Gasteiger partial charge in [0.25, 0.3) is 0 Å². The van der Waals surface area contributed by atoms with Gasteiger partial charge >= 0.3 is 5.97 Å². The SMILES string of the molecule is COC(=O)C(C)CSS. The van der Waals surface area contributed by atoms with Crippen LogP contribution in [0, 0.1) is 5.92 Å². The van der Waals surface area contributed by atoms with E-state index in [0.717, 1.165) is 0 Å². The van der Waals surface area contributed by atoms with Gasteiger partial charge in [-0.15, -0.1) is 11.7 Å². The molecule has 54 valence electrons. The highest BCUT2D eigenvalue weighted by molar-refractivity contribution is 8.68. The summed E-state index contributed by atoms with van der Waals surface area (Å²) < 4.78 is 4.48. The van der Waals surface area contributed by atoms with Crippen LogP contribution in [0.15, 0.2) is 0 Å². The third kappa shape index (κ3) is 3.70. The molecule has 1 unspecified atom stereocenters. The summed E-state index contributed by atoms with van der Waals surface area (Å²) in [5, 5.41) is 0. The van der Waals surface area contributed by atoms with Gasteiger partial charge in [-0.3, -0.25) is 4.79 Å². The Hall–Kier alpha value is 0.170. The molecule has 0 rings (SSSR count). The van der Waals surface area contributed by atoms with Gasteiger partial charge in [-0.1, -0.05) is 17.7 Å². The Morgan fingerprint density at radius 2 is 2.44 bits per heavy atom. The number of carbonyl (C=O) groups excluding carboxylic acids is 1. The van der Waals surface area contributed by atoms with Crippen molar-refractivity contribution in [2.75, 3.05) is 12.9 Å². The zero-order valence-electron chi connectivity index (χ0n) is 5.46. The molecule has 2 nitrogen and oxygen atoms in total. The molecule has 0 bridgehead atoms. The fourth-order valence-corrected chi connectivity index (χ4v) is 1.41. The smallest absolute Gasteiger partial charge is 0.309 e. The normalized spacial score (nSPS) is 12.8. The zero-order valence-corrected chi connectivity index (χ0v) is 7.17. The third-order valence-corrected chi connectivity index (χ3v) is 2.02. The number of ether oxygens (including phenoxy) is 1. The van der Waals surface area contributed by atoms with Crippen molar-refractivity contribution in [3.8, 4) is 0 Å². The Bertz CT molecular complexity index is 95.0. The molecule has 0 aromatic carbocycles. The Balaban J connectivity index is 3.45. The molecule has 0 heterocycles. The van der Waals surface area contributed by atoms with Crippen LogP contribution in [0.5, 0.6) is 0 Å². The van der Waals surface area contributed by atoms with E-state index in [1.165, 1.54) is 17.9 Å². The molecule has 9 heavy (non-hydrogen) atoms. The van der Waals surface area contributed by atoms with Crippen LogP contribution in [0.3, 0.4) is 0 Å². The predicted molar refractivity (Wildman–Crippen MR) is 42.6 cm³/mol. The third-order valence-electron chi connectivity index (χ3n) is 0.928. The topological polar surface area (TPSA) is 26.3 Å². The van der Waals surface area contributed by atoms with E-state index in [-0.39, 0.29) is 11.9 Å². The van der Waals surface area contributed by atoms with E-state index >= 15 is 0 Å². The lowest BCUT2D eigenvalue weighted by Crippen LogP contribution is -2.14. The summed E-state index contributed by atoms with van der Waals surface area (Å²) >= 11 is 3.90. The highest BCUT2D eigenvalue weighted by atomic mass is 33.1. The van der Waals surface area contributed by atoms with Crippen LogP contribution in [-0.4, -0.2) is 18.8 Å². The molecule has 0 aliphatic rings. The molecule has 0 N–H and O–H groups in total. The molecule has 0 saturated heterocycles. The number of rotatable bonds is 3. The van der Waals surface area contributed by atoms with Gasteiger partial charge in [-0.05, 0) is 0 Å². The largest absolute Gasteiger partial charge is 0.469 e. The van der Waals surface area contributed by atoms with E-state index in [9.17, 15) is 4.79 Å². The number of carbonyl (C=O) groups is 1. The van der Waals surface area contributed by atoms with Crippen molar-refractivity contribution in [3.05, 3.63) is 0 Å². The maximum Gasteiger partial charge on any atom is 0.309 e. The standard InChI is InChI=1S/C5H10O2S2/c1-4(3-9-8)5(6)7-2/h4,8H,3H2,1-2H3. The molecule has 0 spiro atoms. The minimum absolute atomic E-state index is 0.0440. The first-order valence-electron chi connectivity index (χ1n) is 2.56. The molecule has 0 aromatic heterocycles. The molecule has 0 aliphatic carbocycles. The lowest BCUT2D eigenvalue weighted by Gasteiger charge is -2.04. The van der Waals surface area contributed by atoms with Crippen LogP contribution >= 0.6 is 22.5 Å². The second-order valence-electron chi connectivity index (χ2n) is 1.72. The molecule has 1 atom stereocenters. The minimum Gasteiger partial charge on any atom is -0.469 e. The van der Waals surface area contributed by atoms with Crippen LogP contribution in [0.1, 0.15) is 6.92 Å². The first kappa shape index (κ1) is 9.17. The van der Waals surface area contributed by atoms with Crippen molar-refractivity contribution in [3.63, 3.8) is 0 Å². The molecule has 0 aromatic rings. The minimum atomic E-state index is -0.170. The van der Waals surface area contributed by atoms with Crippen LogP contribution in [0.25, 0.3) is 0 Å². The van der Waals surface area contributed by atoms with Crippen LogP contribution in [0.4, 0.5) is 0 Å². The van der Waals surface area contributed by atoms with Crippen molar-refractivity contribution in [1.82, 2.24) is 0 Å². The number of hydrogen-bond acceptors (Lipinski definition) is 4. The van der Waals surface area contributed by atoms with E-state index in [4.69, 9.17) is 0 Å². The quantitative estimate of drug-likeness (QED) is 0.390. The lowest BCUT2D eigenvalue weighted by molar-refractivity contribution is -0.143. The van der Waals surface area contributed by atoms with Crippen LogP contribution < -0.4 is 0 Å². The average molecular weight is 166 g/mol. The average Bonchev–Trinajstić information content (AvgIpc) is 1.87.